The summed E-state index contributed by atoms with van der Waals surface area (Å²) in [5.41, 5.74) is 10.5. The predicted molar refractivity (Wildman–Crippen MR) is 133 cm³/mol. The van der Waals surface area contributed by atoms with Crippen LogP contribution in [0.15, 0.2) is 78.9 Å². The van der Waals surface area contributed by atoms with Crippen molar-refractivity contribution >= 4 is 11.8 Å². The van der Waals surface area contributed by atoms with Gasteiger partial charge >= 0.3 is 6.09 Å². The van der Waals surface area contributed by atoms with E-state index in [-0.39, 0.29) is 24.8 Å². The Labute approximate surface area is 200 Å². The molecule has 0 saturated carbocycles. The summed E-state index contributed by atoms with van der Waals surface area (Å²) in [6, 6.07) is 26.1. The highest BCUT2D eigenvalue weighted by molar-refractivity contribution is 5.84. The number of carbonyl (C=O) groups is 1. The van der Waals surface area contributed by atoms with Crippen molar-refractivity contribution in [3.8, 4) is 5.75 Å². The zero-order chi connectivity index (χ0) is 23.3. The van der Waals surface area contributed by atoms with Gasteiger partial charge in [0, 0.05) is 18.3 Å². The highest BCUT2D eigenvalue weighted by atomic mass is 16.5. The normalized spacial score (nSPS) is 22.1. The monoisotopic (exact) mass is 457 g/mol. The number of fused-ring (bicyclic) bond motifs is 1. The van der Waals surface area contributed by atoms with Gasteiger partial charge in [0.2, 0.25) is 0 Å². The minimum absolute atomic E-state index is 0.0452. The van der Waals surface area contributed by atoms with Crippen LogP contribution in [-0.2, 0) is 17.8 Å². The first-order valence-electron chi connectivity index (χ1n) is 12.0. The molecule has 1 aliphatic carbocycles. The minimum Gasteiger partial charge on any atom is -0.484 e. The number of ether oxygens (including phenoxy) is 2. The summed E-state index contributed by atoms with van der Waals surface area (Å²) in [7, 11) is 0. The summed E-state index contributed by atoms with van der Waals surface area (Å²) in [5, 5.41) is 2.78. The predicted octanol–water partition coefficient (Wildman–Crippen LogP) is 4.90. The lowest BCUT2D eigenvalue weighted by atomic mass is 10.0. The standard InChI is InChI=1S/C28H31N3O3/c29-22-10-6-16-31(18-22)26-17-21-9-4-5-11-25(21)27(26)34-24-14-12-23(13-15-24)30-28(32)33-19-20-7-2-1-3-8-20/h1-5,7-9,11-15,22,26-27H,6,10,16-19,29H2,(H,30,32)/t22-,26-,27-/m1/s1. The molecule has 0 radical (unpaired) electrons. The lowest BCUT2D eigenvalue weighted by Gasteiger charge is -2.38. The lowest BCUT2D eigenvalue weighted by molar-refractivity contribution is 0.0593. The number of anilines is 1. The van der Waals surface area contributed by atoms with Gasteiger partial charge in [-0.2, -0.15) is 0 Å². The van der Waals surface area contributed by atoms with Gasteiger partial charge in [-0.15, -0.1) is 0 Å². The van der Waals surface area contributed by atoms with Gasteiger partial charge in [0.05, 0.1) is 6.04 Å². The van der Waals surface area contributed by atoms with Crippen LogP contribution in [0.5, 0.6) is 5.75 Å². The van der Waals surface area contributed by atoms with Crippen molar-refractivity contribution in [1.82, 2.24) is 4.90 Å². The Morgan fingerprint density at radius 3 is 2.56 bits per heavy atom. The van der Waals surface area contributed by atoms with Crippen LogP contribution in [0.2, 0.25) is 0 Å². The summed E-state index contributed by atoms with van der Waals surface area (Å²) < 4.78 is 11.8. The molecule has 0 unspecified atom stereocenters. The minimum atomic E-state index is -0.483. The Morgan fingerprint density at radius 1 is 1.00 bits per heavy atom. The molecule has 1 fully saturated rings. The van der Waals surface area contributed by atoms with Gasteiger partial charge in [-0.3, -0.25) is 10.2 Å². The fourth-order valence-corrected chi connectivity index (χ4v) is 4.98. The Balaban J connectivity index is 1.23. The third-order valence-corrected chi connectivity index (χ3v) is 6.67. The van der Waals surface area contributed by atoms with E-state index in [0.717, 1.165) is 43.7 Å². The van der Waals surface area contributed by atoms with E-state index in [9.17, 15) is 4.79 Å². The molecular weight excluding hydrogens is 426 g/mol. The molecule has 0 aromatic heterocycles. The van der Waals surface area contributed by atoms with Crippen molar-refractivity contribution in [2.75, 3.05) is 18.4 Å². The highest BCUT2D eigenvalue weighted by Crippen LogP contribution is 2.39. The zero-order valence-corrected chi connectivity index (χ0v) is 19.2. The largest absolute Gasteiger partial charge is 0.484 e. The van der Waals surface area contributed by atoms with Crippen LogP contribution in [0, 0.1) is 0 Å². The molecular formula is C28H31N3O3. The van der Waals surface area contributed by atoms with E-state index in [1.807, 2.05) is 54.6 Å². The van der Waals surface area contributed by atoms with E-state index in [2.05, 4.69) is 34.5 Å². The zero-order valence-electron chi connectivity index (χ0n) is 19.2. The average Bonchev–Trinajstić information content (AvgIpc) is 3.23. The number of nitrogens with zero attached hydrogens (tertiary/aromatic N) is 1. The summed E-state index contributed by atoms with van der Waals surface area (Å²) in [5.74, 6) is 0.774. The number of rotatable bonds is 6. The molecule has 2 aliphatic rings. The third-order valence-electron chi connectivity index (χ3n) is 6.67. The van der Waals surface area contributed by atoms with Crippen molar-refractivity contribution in [3.63, 3.8) is 0 Å². The molecule has 1 aliphatic heterocycles. The highest BCUT2D eigenvalue weighted by Gasteiger charge is 2.39. The van der Waals surface area contributed by atoms with Crippen LogP contribution in [0.3, 0.4) is 0 Å². The molecule has 0 spiro atoms. The molecule has 6 heteroatoms. The van der Waals surface area contributed by atoms with Gasteiger partial charge in [0.25, 0.3) is 0 Å². The number of nitrogens with one attached hydrogen (secondary N) is 1. The first-order valence-corrected chi connectivity index (χ1v) is 12.0. The maximum atomic E-state index is 12.2. The van der Waals surface area contributed by atoms with Gasteiger partial charge in [-0.1, -0.05) is 54.6 Å². The van der Waals surface area contributed by atoms with Crippen molar-refractivity contribution in [2.24, 2.45) is 5.73 Å². The quantitative estimate of drug-likeness (QED) is 0.550. The number of hydrogen-bond acceptors (Lipinski definition) is 5. The number of piperidine rings is 1. The fraction of sp³-hybridized carbons (Fsp3) is 0.321. The van der Waals surface area contributed by atoms with E-state index in [0.29, 0.717) is 5.69 Å². The molecule has 6 nitrogen and oxygen atoms in total. The van der Waals surface area contributed by atoms with Gasteiger partial charge in [0.15, 0.2) is 0 Å². The van der Waals surface area contributed by atoms with E-state index >= 15 is 0 Å². The van der Waals surface area contributed by atoms with Crippen molar-refractivity contribution in [1.29, 1.82) is 0 Å². The van der Waals surface area contributed by atoms with E-state index in [1.54, 1.807) is 0 Å². The Kier molecular flexibility index (Phi) is 6.79. The summed E-state index contributed by atoms with van der Waals surface area (Å²) in [4.78, 5) is 14.6. The van der Waals surface area contributed by atoms with Crippen LogP contribution < -0.4 is 15.8 Å². The van der Waals surface area contributed by atoms with E-state index in [1.165, 1.54) is 11.1 Å². The fourth-order valence-electron chi connectivity index (χ4n) is 4.98. The van der Waals surface area contributed by atoms with Crippen LogP contribution in [0.1, 0.15) is 35.6 Å². The molecule has 3 atom stereocenters. The Bertz CT molecular complexity index is 1100. The maximum absolute atomic E-state index is 12.2. The van der Waals surface area contributed by atoms with Crippen molar-refractivity contribution < 1.29 is 14.3 Å². The van der Waals surface area contributed by atoms with Crippen LogP contribution >= 0.6 is 0 Å². The molecule has 5 rings (SSSR count). The van der Waals surface area contributed by atoms with Crippen molar-refractivity contribution in [2.45, 2.75) is 44.1 Å². The molecule has 3 N–H and O–H groups in total. The smallest absolute Gasteiger partial charge is 0.411 e. The first-order chi connectivity index (χ1) is 16.7. The third kappa shape index (κ3) is 5.24. The van der Waals surface area contributed by atoms with Gasteiger partial charge in [0.1, 0.15) is 18.5 Å². The summed E-state index contributed by atoms with van der Waals surface area (Å²) in [6.45, 7) is 2.20. The molecule has 3 aromatic rings. The second-order valence-electron chi connectivity index (χ2n) is 9.12. The molecule has 1 heterocycles. The van der Waals surface area contributed by atoms with Crippen LogP contribution in [-0.4, -0.2) is 36.2 Å². The molecule has 1 amide bonds. The summed E-state index contributed by atoms with van der Waals surface area (Å²) in [6.07, 6.45) is 2.66. The SMILES string of the molecule is N[C@@H]1CCCN([C@@H]2Cc3ccccc3[C@H]2Oc2ccc(NC(=O)OCc3ccccc3)cc2)C1. The van der Waals surface area contributed by atoms with Crippen LogP contribution in [0.25, 0.3) is 0 Å². The first kappa shape index (κ1) is 22.4. The maximum Gasteiger partial charge on any atom is 0.411 e. The number of hydrogen-bond donors (Lipinski definition) is 2. The molecule has 1 saturated heterocycles. The Hall–Kier alpha value is -3.35. The van der Waals surface area contributed by atoms with E-state index in [4.69, 9.17) is 15.2 Å². The Morgan fingerprint density at radius 2 is 1.76 bits per heavy atom. The second kappa shape index (κ2) is 10.3. The molecule has 0 bridgehead atoms. The van der Waals surface area contributed by atoms with Gasteiger partial charge in [-0.25, -0.2) is 4.79 Å². The summed E-state index contributed by atoms with van der Waals surface area (Å²) >= 11 is 0. The van der Waals surface area contributed by atoms with Crippen LogP contribution in [0.4, 0.5) is 10.5 Å². The van der Waals surface area contributed by atoms with Gasteiger partial charge < -0.3 is 15.2 Å². The van der Waals surface area contributed by atoms with E-state index < -0.39 is 6.09 Å². The lowest BCUT2D eigenvalue weighted by Crippen LogP contribution is -2.49. The van der Waals surface area contributed by atoms with Crippen molar-refractivity contribution in [3.05, 3.63) is 95.6 Å². The molecule has 34 heavy (non-hydrogen) atoms. The number of likely N-dealkylation sites (tertiary alicyclic amines) is 1. The second-order valence-corrected chi connectivity index (χ2v) is 9.12. The number of benzene rings is 3. The number of carbonyl (C=O) groups excluding carboxylic acids is 1. The molecule has 3 aromatic carbocycles. The number of nitrogens with two attached hydrogens (primary N) is 1. The van der Waals surface area contributed by atoms with Gasteiger partial charge in [-0.05, 0) is 66.8 Å². The topological polar surface area (TPSA) is 76.8 Å². The average molecular weight is 458 g/mol. The molecule has 176 valence electrons. The number of amides is 1.